The minimum absolute atomic E-state index is 0.0229. The Hall–Kier alpha value is -4.00. The van der Waals surface area contributed by atoms with Gasteiger partial charge in [0, 0.05) is 6.07 Å². The first kappa shape index (κ1) is 21.7. The molecule has 2 amide bonds. The lowest BCUT2D eigenvalue weighted by atomic mass is 10.1. The molecule has 0 aliphatic rings. The molecule has 0 saturated heterocycles. The van der Waals surface area contributed by atoms with E-state index in [0.717, 1.165) is 22.8 Å². The van der Waals surface area contributed by atoms with Crippen LogP contribution in [-0.4, -0.2) is 22.0 Å². The first-order valence-corrected chi connectivity index (χ1v) is 9.71. The normalized spacial score (nSPS) is 10.4. The summed E-state index contributed by atoms with van der Waals surface area (Å²) < 4.78 is 5.84. The Morgan fingerprint density at radius 2 is 1.65 bits per heavy atom. The quantitative estimate of drug-likeness (QED) is 0.458. The fraction of sp³-hybridized carbons (Fsp3) is 0.167. The zero-order valence-electron chi connectivity index (χ0n) is 17.3. The van der Waals surface area contributed by atoms with E-state index in [4.69, 9.17) is 4.74 Å². The van der Waals surface area contributed by atoms with E-state index in [0.29, 0.717) is 17.9 Å². The molecule has 0 spiro atoms. The van der Waals surface area contributed by atoms with Crippen LogP contribution >= 0.6 is 0 Å². The molecule has 160 valence electrons. The Morgan fingerprint density at radius 3 is 2.35 bits per heavy atom. The summed E-state index contributed by atoms with van der Waals surface area (Å²) in [6, 6.07) is 17.7. The zero-order chi connectivity index (χ0) is 22.4. The second-order valence-corrected chi connectivity index (χ2v) is 7.26. The van der Waals surface area contributed by atoms with Gasteiger partial charge in [0.2, 0.25) is 5.91 Å². The fourth-order valence-electron chi connectivity index (χ4n) is 3.21. The van der Waals surface area contributed by atoms with Crippen molar-refractivity contribution in [3.63, 3.8) is 0 Å². The molecule has 3 aromatic rings. The van der Waals surface area contributed by atoms with E-state index >= 15 is 0 Å². The Kier molecular flexibility index (Phi) is 6.77. The number of hydrazine groups is 1. The lowest BCUT2D eigenvalue weighted by Gasteiger charge is -2.12. The number of benzene rings is 3. The summed E-state index contributed by atoms with van der Waals surface area (Å²) in [5, 5.41) is 19.3. The number of phenols is 2. The van der Waals surface area contributed by atoms with E-state index in [1.165, 1.54) is 6.07 Å². The van der Waals surface area contributed by atoms with E-state index in [1.54, 1.807) is 13.0 Å². The maximum absolute atomic E-state index is 12.3. The molecule has 3 aromatic carbocycles. The number of hydrogen-bond acceptors (Lipinski definition) is 5. The molecule has 0 aliphatic carbocycles. The highest BCUT2D eigenvalue weighted by Crippen LogP contribution is 2.26. The van der Waals surface area contributed by atoms with Gasteiger partial charge >= 0.3 is 0 Å². The van der Waals surface area contributed by atoms with Crippen molar-refractivity contribution >= 4 is 11.8 Å². The molecule has 0 saturated carbocycles. The van der Waals surface area contributed by atoms with Crippen molar-refractivity contribution in [1.29, 1.82) is 0 Å². The summed E-state index contributed by atoms with van der Waals surface area (Å²) in [5.74, 6) is -0.979. The van der Waals surface area contributed by atoms with Crippen LogP contribution in [0.2, 0.25) is 0 Å². The van der Waals surface area contributed by atoms with Crippen molar-refractivity contribution in [3.8, 4) is 17.2 Å². The van der Waals surface area contributed by atoms with Crippen LogP contribution in [0, 0.1) is 13.8 Å². The van der Waals surface area contributed by atoms with Crippen molar-refractivity contribution in [2.24, 2.45) is 0 Å². The van der Waals surface area contributed by atoms with Gasteiger partial charge in [-0.15, -0.1) is 0 Å². The largest absolute Gasteiger partial charge is 0.508 e. The van der Waals surface area contributed by atoms with Crippen LogP contribution in [0.5, 0.6) is 17.2 Å². The Morgan fingerprint density at radius 1 is 0.903 bits per heavy atom. The predicted octanol–water partition coefficient (Wildman–Crippen LogP) is 3.30. The van der Waals surface area contributed by atoms with E-state index in [2.05, 4.69) is 10.9 Å². The highest BCUT2D eigenvalue weighted by molar-refractivity contribution is 5.99. The SMILES string of the molecule is Cc1cc(CC(=O)NNC(=O)c2c(C)cc(O)cc2O)cc(OCc2ccccc2)c1. The molecule has 31 heavy (non-hydrogen) atoms. The highest BCUT2D eigenvalue weighted by atomic mass is 16.5. The average molecular weight is 420 g/mol. The van der Waals surface area contributed by atoms with Crippen molar-refractivity contribution in [2.75, 3.05) is 0 Å². The number of carbonyl (C=O) groups excluding carboxylic acids is 2. The molecular formula is C24H24N2O5. The molecule has 3 rings (SSSR count). The molecule has 0 unspecified atom stereocenters. The van der Waals surface area contributed by atoms with Gasteiger partial charge in [-0.3, -0.25) is 20.4 Å². The molecule has 0 heterocycles. The van der Waals surface area contributed by atoms with Gasteiger partial charge < -0.3 is 14.9 Å². The number of aryl methyl sites for hydroxylation is 2. The molecule has 0 aliphatic heterocycles. The third-order valence-electron chi connectivity index (χ3n) is 4.57. The van der Waals surface area contributed by atoms with Crippen LogP contribution in [0.4, 0.5) is 0 Å². The fourth-order valence-corrected chi connectivity index (χ4v) is 3.21. The summed E-state index contributed by atoms with van der Waals surface area (Å²) in [5.41, 5.74) is 7.70. The van der Waals surface area contributed by atoms with Gasteiger partial charge in [-0.2, -0.15) is 0 Å². The highest BCUT2D eigenvalue weighted by Gasteiger charge is 2.16. The summed E-state index contributed by atoms with van der Waals surface area (Å²) in [4.78, 5) is 24.6. The minimum atomic E-state index is -0.681. The molecule has 4 N–H and O–H groups in total. The number of amides is 2. The van der Waals surface area contributed by atoms with Gasteiger partial charge in [-0.05, 0) is 54.3 Å². The van der Waals surface area contributed by atoms with E-state index in [-0.39, 0.29) is 23.5 Å². The van der Waals surface area contributed by atoms with E-state index < -0.39 is 11.8 Å². The lowest BCUT2D eigenvalue weighted by molar-refractivity contribution is -0.121. The average Bonchev–Trinajstić information content (AvgIpc) is 2.70. The summed E-state index contributed by atoms with van der Waals surface area (Å²) >= 11 is 0. The molecule has 7 nitrogen and oxygen atoms in total. The molecular weight excluding hydrogens is 396 g/mol. The third-order valence-corrected chi connectivity index (χ3v) is 4.57. The summed E-state index contributed by atoms with van der Waals surface area (Å²) in [6.45, 7) is 3.90. The Balaban J connectivity index is 1.59. The Bertz CT molecular complexity index is 1070. The second kappa shape index (κ2) is 9.67. The van der Waals surface area contributed by atoms with Crippen LogP contribution < -0.4 is 15.6 Å². The molecule has 0 radical (unpaired) electrons. The van der Waals surface area contributed by atoms with Gasteiger partial charge in [0.15, 0.2) is 0 Å². The van der Waals surface area contributed by atoms with Crippen LogP contribution in [-0.2, 0) is 17.8 Å². The van der Waals surface area contributed by atoms with Crippen LogP contribution in [0.1, 0.15) is 32.6 Å². The standard InChI is InChI=1S/C24H24N2O5/c1-15-8-18(11-20(9-15)31-14-17-6-4-3-5-7-17)12-22(29)25-26-24(30)23-16(2)10-19(27)13-21(23)28/h3-11,13,27-28H,12,14H2,1-2H3,(H,25,29)(H,26,30). The van der Waals surface area contributed by atoms with Gasteiger partial charge in [-0.25, -0.2) is 0 Å². The number of ether oxygens (including phenoxy) is 1. The van der Waals surface area contributed by atoms with Crippen LogP contribution in [0.25, 0.3) is 0 Å². The molecule has 0 fully saturated rings. The minimum Gasteiger partial charge on any atom is -0.508 e. The van der Waals surface area contributed by atoms with Gasteiger partial charge in [0.05, 0.1) is 12.0 Å². The molecule has 0 atom stereocenters. The van der Waals surface area contributed by atoms with Crippen molar-refractivity contribution < 1.29 is 24.5 Å². The first-order chi connectivity index (χ1) is 14.8. The maximum atomic E-state index is 12.3. The topological polar surface area (TPSA) is 108 Å². The smallest absolute Gasteiger partial charge is 0.273 e. The Labute approximate surface area is 180 Å². The lowest BCUT2D eigenvalue weighted by Crippen LogP contribution is -2.42. The van der Waals surface area contributed by atoms with Gasteiger partial charge in [0.25, 0.3) is 5.91 Å². The van der Waals surface area contributed by atoms with Crippen molar-refractivity contribution in [3.05, 3.63) is 88.5 Å². The van der Waals surface area contributed by atoms with Gasteiger partial charge in [-0.1, -0.05) is 36.4 Å². The number of rotatable bonds is 6. The maximum Gasteiger partial charge on any atom is 0.273 e. The van der Waals surface area contributed by atoms with Crippen LogP contribution in [0.3, 0.4) is 0 Å². The third kappa shape index (κ3) is 5.99. The number of aromatic hydroxyl groups is 2. The van der Waals surface area contributed by atoms with Crippen molar-refractivity contribution in [1.82, 2.24) is 10.9 Å². The number of hydrogen-bond donors (Lipinski definition) is 4. The van der Waals surface area contributed by atoms with Crippen LogP contribution in [0.15, 0.2) is 60.7 Å². The van der Waals surface area contributed by atoms with Gasteiger partial charge in [0.1, 0.15) is 23.9 Å². The second-order valence-electron chi connectivity index (χ2n) is 7.26. The molecule has 7 heteroatoms. The predicted molar refractivity (Wildman–Crippen MR) is 116 cm³/mol. The summed E-state index contributed by atoms with van der Waals surface area (Å²) in [7, 11) is 0. The first-order valence-electron chi connectivity index (χ1n) is 9.71. The number of nitrogens with one attached hydrogen (secondary N) is 2. The number of phenolic OH excluding ortho intramolecular Hbond substituents is 2. The van der Waals surface area contributed by atoms with E-state index in [9.17, 15) is 19.8 Å². The molecule has 0 aromatic heterocycles. The molecule has 0 bridgehead atoms. The van der Waals surface area contributed by atoms with Crippen molar-refractivity contribution in [2.45, 2.75) is 26.9 Å². The monoisotopic (exact) mass is 420 g/mol. The number of carbonyl (C=O) groups is 2. The van der Waals surface area contributed by atoms with E-state index in [1.807, 2.05) is 49.4 Å². The summed E-state index contributed by atoms with van der Waals surface area (Å²) in [6.07, 6.45) is 0.0319. The zero-order valence-corrected chi connectivity index (χ0v) is 17.3.